The van der Waals surface area contributed by atoms with E-state index in [0.717, 1.165) is 15.6 Å². The Hall–Kier alpha value is -1.95. The molecule has 1 aromatic heterocycles. The number of piperidine rings is 1. The van der Waals surface area contributed by atoms with Gasteiger partial charge >= 0.3 is 0 Å². The Morgan fingerprint density at radius 3 is 2.81 bits per heavy atom. The molecule has 1 aromatic carbocycles. The van der Waals surface area contributed by atoms with E-state index >= 15 is 0 Å². The molecule has 1 aliphatic heterocycles. The number of halogens is 1. The van der Waals surface area contributed by atoms with Crippen LogP contribution in [0.15, 0.2) is 41.1 Å². The molecule has 5 nitrogen and oxygen atoms in total. The average Bonchev–Trinajstić information content (AvgIpc) is 2.84. The summed E-state index contributed by atoms with van der Waals surface area (Å²) in [5.41, 5.74) is 1.80. The van der Waals surface area contributed by atoms with Crippen LogP contribution in [0.1, 0.15) is 29.4 Å². The van der Waals surface area contributed by atoms with Crippen LogP contribution >= 0.6 is 15.9 Å². The normalized spacial score (nSPS) is 22.2. The van der Waals surface area contributed by atoms with Crippen LogP contribution in [-0.4, -0.2) is 21.6 Å². The first-order chi connectivity index (χ1) is 10.0. The quantitative estimate of drug-likeness (QED) is 0.846. The minimum absolute atomic E-state index is 0.186. The molecule has 2 aromatic rings. The van der Waals surface area contributed by atoms with Gasteiger partial charge in [-0.2, -0.15) is 5.10 Å². The first-order valence-corrected chi connectivity index (χ1v) is 7.41. The van der Waals surface area contributed by atoms with Gasteiger partial charge in [0.25, 0.3) is 0 Å². The van der Waals surface area contributed by atoms with Crippen molar-refractivity contribution in [3.05, 3.63) is 52.3 Å². The Balaban J connectivity index is 2.04. The van der Waals surface area contributed by atoms with Gasteiger partial charge in [0.1, 0.15) is 0 Å². The molecule has 2 heterocycles. The van der Waals surface area contributed by atoms with Crippen molar-refractivity contribution in [1.29, 1.82) is 0 Å². The van der Waals surface area contributed by atoms with Crippen molar-refractivity contribution in [1.82, 2.24) is 15.1 Å². The smallest absolute Gasteiger partial charge is 0.234 e. The average molecular weight is 348 g/mol. The number of carbonyl (C=O) groups excluding carboxylic acids is 2. The molecule has 0 aliphatic carbocycles. The van der Waals surface area contributed by atoms with Crippen molar-refractivity contribution in [2.45, 2.75) is 18.3 Å². The van der Waals surface area contributed by atoms with Crippen molar-refractivity contribution in [2.24, 2.45) is 7.05 Å². The summed E-state index contributed by atoms with van der Waals surface area (Å²) in [6.07, 6.45) is 3.87. The van der Waals surface area contributed by atoms with E-state index in [1.165, 1.54) is 0 Å². The summed E-state index contributed by atoms with van der Waals surface area (Å²) in [6, 6.07) is 7.63. The molecule has 108 valence electrons. The standard InChI is InChI=1S/C15H14BrN3O2/c1-19-8-10(7-17-19)12-6-13(20)18-15(21)14(12)9-3-2-4-11(16)5-9/h2-5,7-8,12,14H,6H2,1H3,(H,18,20,21). The van der Waals surface area contributed by atoms with E-state index in [0.29, 0.717) is 0 Å². The van der Waals surface area contributed by atoms with E-state index in [1.807, 2.05) is 37.5 Å². The summed E-state index contributed by atoms with van der Waals surface area (Å²) in [5.74, 6) is -1.06. The van der Waals surface area contributed by atoms with Crippen molar-refractivity contribution in [2.75, 3.05) is 0 Å². The molecule has 1 fully saturated rings. The number of hydrogen-bond acceptors (Lipinski definition) is 3. The molecule has 0 saturated carbocycles. The van der Waals surface area contributed by atoms with Gasteiger partial charge in [0, 0.05) is 30.1 Å². The Bertz CT molecular complexity index is 710. The minimum Gasteiger partial charge on any atom is -0.296 e. The Morgan fingerprint density at radius 1 is 1.33 bits per heavy atom. The van der Waals surface area contributed by atoms with E-state index in [1.54, 1.807) is 10.9 Å². The van der Waals surface area contributed by atoms with Crippen LogP contribution in [-0.2, 0) is 16.6 Å². The third-order valence-corrected chi connectivity index (χ3v) is 4.21. The van der Waals surface area contributed by atoms with Crippen LogP contribution in [0, 0.1) is 0 Å². The number of carbonyl (C=O) groups is 2. The summed E-state index contributed by atoms with van der Waals surface area (Å²) in [5, 5.41) is 6.59. The lowest BCUT2D eigenvalue weighted by molar-refractivity contribution is -0.135. The molecule has 3 rings (SSSR count). The lowest BCUT2D eigenvalue weighted by Gasteiger charge is -2.29. The topological polar surface area (TPSA) is 64.0 Å². The monoisotopic (exact) mass is 347 g/mol. The molecule has 21 heavy (non-hydrogen) atoms. The number of aromatic nitrogens is 2. The van der Waals surface area contributed by atoms with Crippen LogP contribution in [0.4, 0.5) is 0 Å². The van der Waals surface area contributed by atoms with Crippen LogP contribution in [0.5, 0.6) is 0 Å². The van der Waals surface area contributed by atoms with Gasteiger partial charge < -0.3 is 0 Å². The highest BCUT2D eigenvalue weighted by molar-refractivity contribution is 9.10. The minimum atomic E-state index is -0.385. The van der Waals surface area contributed by atoms with Crippen molar-refractivity contribution in [3.63, 3.8) is 0 Å². The highest BCUT2D eigenvalue weighted by Gasteiger charge is 2.38. The fourth-order valence-electron chi connectivity index (χ4n) is 2.79. The number of aryl methyl sites for hydroxylation is 1. The molecule has 1 saturated heterocycles. The molecule has 0 spiro atoms. The zero-order chi connectivity index (χ0) is 15.0. The molecular weight excluding hydrogens is 334 g/mol. The maximum absolute atomic E-state index is 12.3. The molecule has 2 unspecified atom stereocenters. The number of benzene rings is 1. The maximum Gasteiger partial charge on any atom is 0.234 e. The first-order valence-electron chi connectivity index (χ1n) is 6.62. The van der Waals surface area contributed by atoms with Gasteiger partial charge in [-0.3, -0.25) is 19.6 Å². The predicted octanol–water partition coefficient (Wildman–Crippen LogP) is 2.10. The zero-order valence-electron chi connectivity index (χ0n) is 11.4. The van der Waals surface area contributed by atoms with E-state index in [2.05, 4.69) is 26.3 Å². The Kier molecular flexibility index (Phi) is 3.63. The van der Waals surface area contributed by atoms with Crippen molar-refractivity contribution < 1.29 is 9.59 Å². The van der Waals surface area contributed by atoms with Crippen molar-refractivity contribution >= 4 is 27.7 Å². The van der Waals surface area contributed by atoms with Gasteiger partial charge in [-0.15, -0.1) is 0 Å². The summed E-state index contributed by atoms with van der Waals surface area (Å²) in [7, 11) is 1.82. The lowest BCUT2D eigenvalue weighted by Crippen LogP contribution is -2.43. The second-order valence-corrected chi connectivity index (χ2v) is 6.12. The molecule has 2 amide bonds. The van der Waals surface area contributed by atoms with Gasteiger partial charge in [-0.25, -0.2) is 0 Å². The fourth-order valence-corrected chi connectivity index (χ4v) is 3.21. The van der Waals surface area contributed by atoms with E-state index < -0.39 is 0 Å². The van der Waals surface area contributed by atoms with Gasteiger partial charge in [0.05, 0.1) is 12.1 Å². The Labute approximate surface area is 130 Å². The molecule has 1 N–H and O–H groups in total. The summed E-state index contributed by atoms with van der Waals surface area (Å²) < 4.78 is 2.60. The van der Waals surface area contributed by atoms with E-state index in [9.17, 15) is 9.59 Å². The third-order valence-electron chi connectivity index (χ3n) is 3.71. The van der Waals surface area contributed by atoms with Crippen molar-refractivity contribution in [3.8, 4) is 0 Å². The number of rotatable bonds is 2. The zero-order valence-corrected chi connectivity index (χ0v) is 13.0. The van der Waals surface area contributed by atoms with Crippen LogP contribution in [0.3, 0.4) is 0 Å². The summed E-state index contributed by atoms with van der Waals surface area (Å²) in [6.45, 7) is 0. The lowest BCUT2D eigenvalue weighted by atomic mass is 9.77. The largest absolute Gasteiger partial charge is 0.296 e. The highest BCUT2D eigenvalue weighted by Crippen LogP contribution is 2.38. The van der Waals surface area contributed by atoms with Gasteiger partial charge in [-0.1, -0.05) is 28.1 Å². The van der Waals surface area contributed by atoms with E-state index in [-0.39, 0.29) is 30.1 Å². The number of amides is 2. The second kappa shape index (κ2) is 5.44. The van der Waals surface area contributed by atoms with Gasteiger partial charge in [-0.05, 0) is 23.3 Å². The first kappa shape index (κ1) is 14.0. The number of nitrogens with zero attached hydrogens (tertiary/aromatic N) is 2. The number of hydrogen-bond donors (Lipinski definition) is 1. The van der Waals surface area contributed by atoms with Gasteiger partial charge in [0.15, 0.2) is 0 Å². The summed E-state index contributed by atoms with van der Waals surface area (Å²) in [4.78, 5) is 24.1. The predicted molar refractivity (Wildman–Crippen MR) is 80.6 cm³/mol. The molecule has 1 aliphatic rings. The molecule has 2 atom stereocenters. The molecule has 0 bridgehead atoms. The molecule has 6 heteroatoms. The number of imide groups is 1. The molecular formula is C15H14BrN3O2. The van der Waals surface area contributed by atoms with Gasteiger partial charge in [0.2, 0.25) is 11.8 Å². The van der Waals surface area contributed by atoms with Crippen LogP contribution in [0.2, 0.25) is 0 Å². The third kappa shape index (κ3) is 2.76. The number of nitrogens with one attached hydrogen (secondary N) is 1. The Morgan fingerprint density at radius 2 is 2.14 bits per heavy atom. The van der Waals surface area contributed by atoms with Crippen LogP contribution < -0.4 is 5.32 Å². The highest BCUT2D eigenvalue weighted by atomic mass is 79.9. The van der Waals surface area contributed by atoms with Crippen LogP contribution in [0.25, 0.3) is 0 Å². The second-order valence-electron chi connectivity index (χ2n) is 5.20. The summed E-state index contributed by atoms with van der Waals surface area (Å²) >= 11 is 3.43. The maximum atomic E-state index is 12.3. The molecule has 0 radical (unpaired) electrons. The SMILES string of the molecule is Cn1cc(C2CC(=O)NC(=O)C2c2cccc(Br)c2)cn1. The fraction of sp³-hybridized carbons (Fsp3) is 0.267. The van der Waals surface area contributed by atoms with E-state index in [4.69, 9.17) is 0 Å².